The van der Waals surface area contributed by atoms with E-state index in [0.717, 1.165) is 24.7 Å². The minimum Gasteiger partial charge on any atom is -0.479 e. The normalized spacial score (nSPS) is 19.6. The summed E-state index contributed by atoms with van der Waals surface area (Å²) in [6, 6.07) is 8.68. The number of nitrogens with one attached hydrogen (secondary N) is 2. The first-order valence-electron chi connectivity index (χ1n) is 12.5. The van der Waals surface area contributed by atoms with Gasteiger partial charge in [0.15, 0.2) is 20.6 Å². The lowest BCUT2D eigenvalue weighted by Crippen LogP contribution is -2.39. The van der Waals surface area contributed by atoms with Gasteiger partial charge in [-0.3, -0.25) is 4.79 Å². The van der Waals surface area contributed by atoms with Gasteiger partial charge in [-0.05, 0) is 62.4 Å². The fraction of sp³-hybridized carbons (Fsp3) is 0.407. The molecule has 11 nitrogen and oxygen atoms in total. The molecule has 0 aromatic carbocycles. The first-order chi connectivity index (χ1) is 18.4. The Kier molecular flexibility index (Phi) is 6.93. The summed E-state index contributed by atoms with van der Waals surface area (Å²) >= 11 is 0. The summed E-state index contributed by atoms with van der Waals surface area (Å²) < 4.78 is 42.2. The van der Waals surface area contributed by atoms with Crippen LogP contribution < -0.4 is 20.1 Å². The summed E-state index contributed by atoms with van der Waals surface area (Å²) in [6.45, 7) is 5.60. The van der Waals surface area contributed by atoms with E-state index in [4.69, 9.17) is 14.2 Å². The smallest absolute Gasteiger partial charge is 0.257 e. The van der Waals surface area contributed by atoms with Gasteiger partial charge in [-0.15, -0.1) is 0 Å². The molecular weight excluding hydrogens is 522 g/mol. The Morgan fingerprint density at radius 2 is 1.90 bits per heavy atom. The van der Waals surface area contributed by atoms with Gasteiger partial charge < -0.3 is 24.8 Å². The van der Waals surface area contributed by atoms with Gasteiger partial charge in [-0.25, -0.2) is 23.4 Å². The van der Waals surface area contributed by atoms with E-state index in [2.05, 4.69) is 25.6 Å². The van der Waals surface area contributed by atoms with Crippen molar-refractivity contribution in [2.24, 2.45) is 0 Å². The van der Waals surface area contributed by atoms with Gasteiger partial charge in [-0.1, -0.05) is 0 Å². The van der Waals surface area contributed by atoms with Crippen LogP contribution in [0.5, 0.6) is 11.6 Å². The molecule has 1 fully saturated rings. The highest BCUT2D eigenvalue weighted by Gasteiger charge is 2.32. The molecule has 1 aliphatic carbocycles. The predicted molar refractivity (Wildman–Crippen MR) is 145 cm³/mol. The van der Waals surface area contributed by atoms with E-state index < -0.39 is 15.4 Å². The van der Waals surface area contributed by atoms with Gasteiger partial charge in [0.05, 0.1) is 17.5 Å². The molecule has 3 aromatic rings. The van der Waals surface area contributed by atoms with Crippen molar-refractivity contribution in [2.45, 2.75) is 56.3 Å². The van der Waals surface area contributed by atoms with Crippen molar-refractivity contribution in [3.05, 3.63) is 42.1 Å². The highest BCUT2D eigenvalue weighted by atomic mass is 32.2. The number of nitrogens with zero attached hydrogens (tertiary/aromatic N) is 3. The largest absolute Gasteiger partial charge is 0.479 e. The van der Waals surface area contributed by atoms with Gasteiger partial charge in [0.1, 0.15) is 23.8 Å². The summed E-state index contributed by atoms with van der Waals surface area (Å²) in [5.74, 6) is 1.44. The third kappa shape index (κ3) is 5.96. The molecule has 0 saturated heterocycles. The number of carbonyl (C=O) groups excluding carboxylic acids is 1. The Morgan fingerprint density at radius 3 is 2.59 bits per heavy atom. The summed E-state index contributed by atoms with van der Waals surface area (Å²) in [7, 11) is -1.90. The molecule has 0 bridgehead atoms. The minimum absolute atomic E-state index is 0.0267. The van der Waals surface area contributed by atoms with Crippen LogP contribution in [0.3, 0.4) is 0 Å². The van der Waals surface area contributed by atoms with Crippen molar-refractivity contribution in [3.63, 3.8) is 0 Å². The molecule has 0 unspecified atom stereocenters. The van der Waals surface area contributed by atoms with Crippen LogP contribution in [0.25, 0.3) is 11.3 Å². The van der Waals surface area contributed by atoms with Crippen molar-refractivity contribution in [3.8, 4) is 22.9 Å². The van der Waals surface area contributed by atoms with Crippen molar-refractivity contribution in [2.75, 3.05) is 30.6 Å². The van der Waals surface area contributed by atoms with Crippen LogP contribution in [0, 0.1) is 0 Å². The Labute approximate surface area is 227 Å². The summed E-state index contributed by atoms with van der Waals surface area (Å²) in [5.41, 5.74) is 2.05. The molecule has 0 spiro atoms. The van der Waals surface area contributed by atoms with Crippen LogP contribution in [0.1, 0.15) is 45.1 Å². The molecule has 12 heteroatoms. The van der Waals surface area contributed by atoms with E-state index in [1.165, 1.54) is 6.92 Å². The number of hydrogen-bond donors (Lipinski definition) is 2. The van der Waals surface area contributed by atoms with E-state index in [-0.39, 0.29) is 23.0 Å². The highest BCUT2D eigenvalue weighted by Crippen LogP contribution is 2.41. The van der Waals surface area contributed by atoms with Crippen molar-refractivity contribution < 1.29 is 27.4 Å². The fourth-order valence-electron chi connectivity index (χ4n) is 4.52. The van der Waals surface area contributed by atoms with Gasteiger partial charge in [-0.2, -0.15) is 0 Å². The number of anilines is 3. The second kappa shape index (κ2) is 10.1. The predicted octanol–water partition coefficient (Wildman–Crippen LogP) is 4.09. The average molecular weight is 554 g/mol. The zero-order valence-corrected chi connectivity index (χ0v) is 23.3. The van der Waals surface area contributed by atoms with E-state index in [1.54, 1.807) is 37.6 Å². The van der Waals surface area contributed by atoms with E-state index in [9.17, 15) is 13.2 Å². The van der Waals surface area contributed by atoms with Gasteiger partial charge in [0.25, 0.3) is 5.88 Å². The van der Waals surface area contributed by atoms with Crippen molar-refractivity contribution >= 4 is 33.1 Å². The Morgan fingerprint density at radius 1 is 1.13 bits per heavy atom. The zero-order chi connectivity index (χ0) is 27.9. The minimum atomic E-state index is -3.58. The standard InChI is InChI=1S/C27H31N5O6S/c1-15(33)29-23-12-21(19(13-28-23)20-6-7-22-26(31-20)37-14-27(2,3)38-22)30-24-10-17(16-8-18(9-16)36-4)11-25(32-24)39(5,34)35/h6-7,10-13,16,18H,8-9,14H2,1-5H3,(H2,28,29,30,32,33)/t16-,18+. The van der Waals surface area contributed by atoms with Gasteiger partial charge in [0.2, 0.25) is 5.91 Å². The Bertz CT molecular complexity index is 1540. The molecule has 1 aliphatic heterocycles. The second-order valence-corrected chi connectivity index (χ2v) is 12.5. The number of sulfone groups is 1. The molecule has 206 valence electrons. The van der Waals surface area contributed by atoms with Gasteiger partial charge >= 0.3 is 0 Å². The first kappa shape index (κ1) is 26.8. The second-order valence-electron chi connectivity index (χ2n) is 10.5. The van der Waals surface area contributed by atoms with Crippen LogP contribution in [0.4, 0.5) is 17.3 Å². The molecule has 2 N–H and O–H groups in total. The van der Waals surface area contributed by atoms with Crippen LogP contribution in [-0.4, -0.2) is 61.0 Å². The molecule has 0 atom stereocenters. The lowest BCUT2D eigenvalue weighted by Gasteiger charge is -2.34. The van der Waals surface area contributed by atoms with Crippen molar-refractivity contribution in [1.82, 2.24) is 15.0 Å². The van der Waals surface area contributed by atoms with Crippen LogP contribution in [0.2, 0.25) is 0 Å². The lowest BCUT2D eigenvalue weighted by atomic mass is 9.78. The average Bonchev–Trinajstić information content (AvgIpc) is 2.82. The molecular formula is C27H31N5O6S. The maximum Gasteiger partial charge on any atom is 0.257 e. The van der Waals surface area contributed by atoms with E-state index >= 15 is 0 Å². The topological polar surface area (TPSA) is 142 Å². The maximum atomic E-state index is 12.5. The molecule has 3 aromatic heterocycles. The number of aromatic nitrogens is 3. The van der Waals surface area contributed by atoms with E-state index in [1.807, 2.05) is 19.9 Å². The van der Waals surface area contributed by atoms with E-state index in [0.29, 0.717) is 46.8 Å². The third-order valence-electron chi connectivity index (χ3n) is 6.62. The molecule has 1 saturated carbocycles. The van der Waals surface area contributed by atoms with Crippen LogP contribution in [-0.2, 0) is 19.4 Å². The lowest BCUT2D eigenvalue weighted by molar-refractivity contribution is -0.114. The SMILES string of the molecule is CO[C@H]1C[C@@H](c2cc(Nc3cc(NC(C)=O)ncc3-c3ccc4c(n3)OCC(C)(C)O4)nc(S(C)(=O)=O)c2)C1. The Balaban J connectivity index is 1.55. The molecule has 1 amide bonds. The number of carbonyl (C=O) groups is 1. The number of pyridine rings is 3. The van der Waals surface area contributed by atoms with Crippen molar-refractivity contribution in [1.29, 1.82) is 0 Å². The number of ether oxygens (including phenoxy) is 3. The van der Waals surface area contributed by atoms with Gasteiger partial charge in [0, 0.05) is 38.1 Å². The fourth-order valence-corrected chi connectivity index (χ4v) is 5.14. The number of hydrogen-bond acceptors (Lipinski definition) is 10. The summed E-state index contributed by atoms with van der Waals surface area (Å²) in [4.78, 5) is 25.1. The summed E-state index contributed by atoms with van der Waals surface area (Å²) in [6.07, 6.45) is 4.46. The molecule has 5 rings (SSSR count). The highest BCUT2D eigenvalue weighted by molar-refractivity contribution is 7.90. The molecule has 0 radical (unpaired) electrons. The van der Waals surface area contributed by atoms with Crippen LogP contribution >= 0.6 is 0 Å². The zero-order valence-electron chi connectivity index (χ0n) is 22.4. The first-order valence-corrected chi connectivity index (χ1v) is 14.4. The third-order valence-corrected chi connectivity index (χ3v) is 7.59. The molecule has 39 heavy (non-hydrogen) atoms. The molecule has 4 heterocycles. The quantitative estimate of drug-likeness (QED) is 0.439. The summed E-state index contributed by atoms with van der Waals surface area (Å²) in [5, 5.41) is 5.90. The van der Waals surface area contributed by atoms with Crippen LogP contribution in [0.15, 0.2) is 41.6 Å². The Hall–Kier alpha value is -3.77. The monoisotopic (exact) mass is 553 g/mol. The number of fused-ring (bicyclic) bond motifs is 1. The molecule has 2 aliphatic rings. The maximum absolute atomic E-state index is 12.5. The number of rotatable bonds is 7. The number of methoxy groups -OCH3 is 1. The number of amides is 1.